The van der Waals surface area contributed by atoms with Crippen LogP contribution < -0.4 is 4.31 Å². The van der Waals surface area contributed by atoms with Crippen LogP contribution in [0.5, 0.6) is 0 Å². The van der Waals surface area contributed by atoms with Gasteiger partial charge in [-0.15, -0.1) is 0 Å². The summed E-state index contributed by atoms with van der Waals surface area (Å²) >= 11 is 0. The van der Waals surface area contributed by atoms with Crippen LogP contribution in [-0.2, 0) is 16.6 Å². The Hall–Kier alpha value is -2.73. The molecule has 3 nitrogen and oxygen atoms in total. The predicted octanol–water partition coefficient (Wildman–Crippen LogP) is 4.67. The van der Waals surface area contributed by atoms with Crippen LogP contribution in [0, 0.1) is 18.6 Å². The van der Waals surface area contributed by atoms with Gasteiger partial charge in [-0.1, -0.05) is 42.0 Å². The Kier molecular flexibility index (Phi) is 5.04. The molecule has 0 aliphatic rings. The van der Waals surface area contributed by atoms with E-state index in [0.717, 1.165) is 22.0 Å². The lowest BCUT2D eigenvalue weighted by molar-refractivity contribution is 0.569. The Balaban J connectivity index is 2.08. The van der Waals surface area contributed by atoms with Crippen molar-refractivity contribution < 1.29 is 17.2 Å². The number of para-hydroxylation sites is 1. The SMILES string of the molecule is Cc1ccc(S(=O)(=O)N(Cc2ccc(F)cc2F)c2ccccc2)cc1. The van der Waals surface area contributed by atoms with Gasteiger partial charge < -0.3 is 0 Å². The van der Waals surface area contributed by atoms with Crippen LogP contribution in [0.15, 0.2) is 77.7 Å². The standard InChI is InChI=1S/C20H17F2NO2S/c1-15-7-11-19(12-8-15)26(24,25)23(18-5-3-2-4-6-18)14-16-9-10-17(21)13-20(16)22/h2-13H,14H2,1H3. The van der Waals surface area contributed by atoms with Crippen LogP contribution >= 0.6 is 0 Å². The lowest BCUT2D eigenvalue weighted by Crippen LogP contribution is -2.31. The molecule has 0 spiro atoms. The normalized spacial score (nSPS) is 11.3. The fourth-order valence-electron chi connectivity index (χ4n) is 2.55. The number of sulfonamides is 1. The van der Waals surface area contributed by atoms with Gasteiger partial charge in [0.15, 0.2) is 0 Å². The molecule has 0 aliphatic heterocycles. The molecule has 0 N–H and O–H groups in total. The van der Waals surface area contributed by atoms with Gasteiger partial charge in [-0.05, 0) is 37.3 Å². The van der Waals surface area contributed by atoms with E-state index in [0.29, 0.717) is 5.69 Å². The zero-order valence-electron chi connectivity index (χ0n) is 14.1. The molecule has 3 aromatic carbocycles. The summed E-state index contributed by atoms with van der Waals surface area (Å²) in [4.78, 5) is 0.106. The van der Waals surface area contributed by atoms with Crippen LogP contribution in [0.3, 0.4) is 0 Å². The molecule has 0 aromatic heterocycles. The molecule has 0 saturated carbocycles. The molecule has 3 rings (SSSR count). The highest BCUT2D eigenvalue weighted by molar-refractivity contribution is 7.92. The average molecular weight is 373 g/mol. The maximum atomic E-state index is 14.1. The highest BCUT2D eigenvalue weighted by Crippen LogP contribution is 2.27. The second kappa shape index (κ2) is 7.25. The summed E-state index contributed by atoms with van der Waals surface area (Å²) in [5.74, 6) is -1.50. The maximum absolute atomic E-state index is 14.1. The first kappa shape index (κ1) is 18.1. The number of nitrogens with zero attached hydrogens (tertiary/aromatic N) is 1. The van der Waals surface area contributed by atoms with Crippen molar-refractivity contribution in [1.29, 1.82) is 0 Å². The minimum Gasteiger partial charge on any atom is -0.262 e. The van der Waals surface area contributed by atoms with Crippen molar-refractivity contribution in [2.24, 2.45) is 0 Å². The van der Waals surface area contributed by atoms with Gasteiger partial charge in [0.25, 0.3) is 10.0 Å². The highest BCUT2D eigenvalue weighted by Gasteiger charge is 2.26. The van der Waals surface area contributed by atoms with E-state index >= 15 is 0 Å². The van der Waals surface area contributed by atoms with Crippen molar-refractivity contribution in [1.82, 2.24) is 0 Å². The van der Waals surface area contributed by atoms with E-state index in [-0.39, 0.29) is 17.0 Å². The Labute approximate surface area is 151 Å². The Bertz CT molecular complexity index is 1000. The maximum Gasteiger partial charge on any atom is 0.264 e. The number of rotatable bonds is 5. The second-order valence-corrected chi connectivity index (χ2v) is 7.76. The lowest BCUT2D eigenvalue weighted by atomic mass is 10.2. The molecule has 26 heavy (non-hydrogen) atoms. The summed E-state index contributed by atoms with van der Waals surface area (Å²) in [6.45, 7) is 1.62. The predicted molar refractivity (Wildman–Crippen MR) is 97.3 cm³/mol. The molecule has 134 valence electrons. The van der Waals surface area contributed by atoms with Crippen LogP contribution in [0.2, 0.25) is 0 Å². The van der Waals surface area contributed by atoms with Gasteiger partial charge in [-0.25, -0.2) is 17.2 Å². The molecule has 0 radical (unpaired) electrons. The van der Waals surface area contributed by atoms with Crippen molar-refractivity contribution in [2.75, 3.05) is 4.31 Å². The summed E-state index contributed by atoms with van der Waals surface area (Å²) in [5.41, 5.74) is 1.42. The molecule has 0 unspecified atom stereocenters. The summed E-state index contributed by atoms with van der Waals surface area (Å²) in [5, 5.41) is 0. The van der Waals surface area contributed by atoms with E-state index in [1.165, 1.54) is 18.2 Å². The van der Waals surface area contributed by atoms with Crippen LogP contribution in [-0.4, -0.2) is 8.42 Å². The fourth-order valence-corrected chi connectivity index (χ4v) is 3.99. The number of hydrogen-bond donors (Lipinski definition) is 0. The lowest BCUT2D eigenvalue weighted by Gasteiger charge is -2.25. The van der Waals surface area contributed by atoms with Crippen LogP contribution in [0.4, 0.5) is 14.5 Å². The zero-order chi connectivity index (χ0) is 18.7. The second-order valence-electron chi connectivity index (χ2n) is 5.90. The zero-order valence-corrected chi connectivity index (χ0v) is 14.9. The van der Waals surface area contributed by atoms with E-state index in [1.54, 1.807) is 42.5 Å². The van der Waals surface area contributed by atoms with Gasteiger partial charge >= 0.3 is 0 Å². The molecule has 0 atom stereocenters. The quantitative estimate of drug-likeness (QED) is 0.652. The number of benzene rings is 3. The van der Waals surface area contributed by atoms with E-state index in [2.05, 4.69) is 0 Å². The van der Waals surface area contributed by atoms with Crippen molar-refractivity contribution in [2.45, 2.75) is 18.4 Å². The van der Waals surface area contributed by atoms with Gasteiger partial charge in [0.1, 0.15) is 11.6 Å². The third kappa shape index (κ3) is 3.75. The van der Waals surface area contributed by atoms with E-state index in [1.807, 2.05) is 6.92 Å². The summed E-state index contributed by atoms with van der Waals surface area (Å²) in [6, 6.07) is 18.0. The van der Waals surface area contributed by atoms with E-state index < -0.39 is 21.7 Å². The first-order chi connectivity index (χ1) is 12.4. The minimum absolute atomic E-state index is 0.0888. The molecular formula is C20H17F2NO2S. The molecular weight excluding hydrogens is 356 g/mol. The first-order valence-electron chi connectivity index (χ1n) is 7.96. The molecule has 0 saturated heterocycles. The summed E-state index contributed by atoms with van der Waals surface area (Å²) in [7, 11) is -3.92. The topological polar surface area (TPSA) is 37.4 Å². The molecule has 0 bridgehead atoms. The smallest absolute Gasteiger partial charge is 0.262 e. The Morgan fingerprint density at radius 2 is 1.54 bits per heavy atom. The third-order valence-corrected chi connectivity index (χ3v) is 5.77. The van der Waals surface area contributed by atoms with Gasteiger partial charge in [-0.2, -0.15) is 0 Å². The molecule has 0 fully saturated rings. The summed E-state index contributed by atoms with van der Waals surface area (Å²) < 4.78 is 54.7. The first-order valence-corrected chi connectivity index (χ1v) is 9.40. The number of halogens is 2. The van der Waals surface area contributed by atoms with Gasteiger partial charge in [0.05, 0.1) is 17.1 Å². The van der Waals surface area contributed by atoms with Crippen molar-refractivity contribution in [3.8, 4) is 0 Å². The van der Waals surface area contributed by atoms with Gasteiger partial charge in [0.2, 0.25) is 0 Å². The largest absolute Gasteiger partial charge is 0.264 e. The monoisotopic (exact) mass is 373 g/mol. The molecule has 0 aliphatic carbocycles. The highest BCUT2D eigenvalue weighted by atomic mass is 32.2. The molecule has 0 heterocycles. The van der Waals surface area contributed by atoms with Crippen molar-refractivity contribution >= 4 is 15.7 Å². The molecule has 3 aromatic rings. The van der Waals surface area contributed by atoms with Gasteiger partial charge in [0, 0.05) is 11.6 Å². The van der Waals surface area contributed by atoms with Crippen LogP contribution in [0.1, 0.15) is 11.1 Å². The molecule has 0 amide bonds. The van der Waals surface area contributed by atoms with Crippen molar-refractivity contribution in [3.05, 3.63) is 95.6 Å². The summed E-state index contributed by atoms with van der Waals surface area (Å²) in [6.07, 6.45) is 0. The number of aryl methyl sites for hydroxylation is 1. The van der Waals surface area contributed by atoms with Crippen molar-refractivity contribution in [3.63, 3.8) is 0 Å². The third-order valence-electron chi connectivity index (χ3n) is 3.98. The van der Waals surface area contributed by atoms with E-state index in [9.17, 15) is 17.2 Å². The Morgan fingerprint density at radius 3 is 2.15 bits per heavy atom. The minimum atomic E-state index is -3.92. The van der Waals surface area contributed by atoms with Crippen LogP contribution in [0.25, 0.3) is 0 Å². The average Bonchev–Trinajstić information content (AvgIpc) is 2.62. The fraction of sp³-hybridized carbons (Fsp3) is 0.100. The number of anilines is 1. The van der Waals surface area contributed by atoms with Gasteiger partial charge in [-0.3, -0.25) is 4.31 Å². The molecule has 6 heteroatoms. The number of hydrogen-bond acceptors (Lipinski definition) is 2. The Morgan fingerprint density at radius 1 is 0.885 bits per heavy atom. The van der Waals surface area contributed by atoms with E-state index in [4.69, 9.17) is 0 Å².